The molecule has 0 saturated carbocycles. The molecule has 90 valence electrons. The SMILES string of the molecule is CSC[C@H](C)/N=C1/OC(=O)c2cccc(C)c21. The predicted molar refractivity (Wildman–Crippen MR) is 71.0 cm³/mol. The van der Waals surface area contributed by atoms with E-state index in [1.807, 2.05) is 32.2 Å². The molecule has 0 radical (unpaired) electrons. The van der Waals surface area contributed by atoms with Crippen LogP contribution in [0.1, 0.15) is 28.4 Å². The average Bonchev–Trinajstić information content (AvgIpc) is 2.57. The van der Waals surface area contributed by atoms with Gasteiger partial charge in [0.05, 0.1) is 17.2 Å². The second-order valence-electron chi connectivity index (χ2n) is 4.13. The monoisotopic (exact) mass is 249 g/mol. The van der Waals surface area contributed by atoms with Crippen LogP contribution in [0.2, 0.25) is 0 Å². The van der Waals surface area contributed by atoms with E-state index in [1.54, 1.807) is 17.8 Å². The normalized spacial score (nSPS) is 18.1. The van der Waals surface area contributed by atoms with Gasteiger partial charge in [-0.1, -0.05) is 12.1 Å². The Morgan fingerprint density at radius 3 is 2.94 bits per heavy atom. The number of fused-ring (bicyclic) bond motifs is 1. The Kier molecular flexibility index (Phi) is 3.52. The van der Waals surface area contributed by atoms with Crippen LogP contribution >= 0.6 is 11.8 Å². The van der Waals surface area contributed by atoms with Crippen LogP contribution < -0.4 is 0 Å². The third-order valence-electron chi connectivity index (χ3n) is 2.64. The lowest BCUT2D eigenvalue weighted by atomic mass is 10.0. The topological polar surface area (TPSA) is 38.7 Å². The van der Waals surface area contributed by atoms with E-state index in [4.69, 9.17) is 4.74 Å². The van der Waals surface area contributed by atoms with Crippen LogP contribution in [0.4, 0.5) is 0 Å². The fraction of sp³-hybridized carbons (Fsp3) is 0.385. The summed E-state index contributed by atoms with van der Waals surface area (Å²) in [7, 11) is 0. The number of rotatable bonds is 3. The molecule has 0 saturated heterocycles. The summed E-state index contributed by atoms with van der Waals surface area (Å²) >= 11 is 1.73. The van der Waals surface area contributed by atoms with Crippen molar-refractivity contribution < 1.29 is 9.53 Å². The lowest BCUT2D eigenvalue weighted by molar-refractivity contribution is 0.0736. The first kappa shape index (κ1) is 12.2. The Morgan fingerprint density at radius 1 is 1.47 bits per heavy atom. The van der Waals surface area contributed by atoms with Gasteiger partial charge in [0.1, 0.15) is 0 Å². The molecule has 0 fully saturated rings. The van der Waals surface area contributed by atoms with Crippen molar-refractivity contribution in [1.29, 1.82) is 0 Å². The van der Waals surface area contributed by atoms with Gasteiger partial charge in [0.15, 0.2) is 0 Å². The highest BCUT2D eigenvalue weighted by Gasteiger charge is 2.29. The number of hydrogen-bond acceptors (Lipinski definition) is 4. The summed E-state index contributed by atoms with van der Waals surface area (Å²) in [6, 6.07) is 5.77. The first-order valence-electron chi connectivity index (χ1n) is 5.52. The zero-order chi connectivity index (χ0) is 12.4. The van der Waals surface area contributed by atoms with E-state index in [0.717, 1.165) is 16.9 Å². The number of aliphatic imine (C=N–C) groups is 1. The number of carbonyl (C=O) groups is 1. The number of hydrogen-bond donors (Lipinski definition) is 0. The van der Waals surface area contributed by atoms with Gasteiger partial charge in [0, 0.05) is 5.75 Å². The van der Waals surface area contributed by atoms with Crippen molar-refractivity contribution in [2.45, 2.75) is 19.9 Å². The smallest absolute Gasteiger partial charge is 0.345 e. The zero-order valence-electron chi connectivity index (χ0n) is 10.2. The third-order valence-corrected chi connectivity index (χ3v) is 3.46. The number of thioether (sulfide) groups is 1. The Hall–Kier alpha value is -1.29. The Balaban J connectivity index is 2.39. The van der Waals surface area contributed by atoms with Gasteiger partial charge < -0.3 is 4.74 Å². The van der Waals surface area contributed by atoms with E-state index in [2.05, 4.69) is 4.99 Å². The highest BCUT2D eigenvalue weighted by molar-refractivity contribution is 7.98. The Morgan fingerprint density at radius 2 is 2.24 bits per heavy atom. The summed E-state index contributed by atoms with van der Waals surface area (Å²) in [6.07, 6.45) is 2.04. The third kappa shape index (κ3) is 2.36. The van der Waals surface area contributed by atoms with Crippen LogP contribution in [-0.4, -0.2) is 29.9 Å². The number of benzene rings is 1. The van der Waals surface area contributed by atoms with E-state index < -0.39 is 0 Å². The molecule has 0 N–H and O–H groups in total. The summed E-state index contributed by atoms with van der Waals surface area (Å²) in [4.78, 5) is 16.1. The van der Waals surface area contributed by atoms with E-state index >= 15 is 0 Å². The van der Waals surface area contributed by atoms with Crippen LogP contribution in [0, 0.1) is 6.92 Å². The molecule has 1 aliphatic rings. The largest absolute Gasteiger partial charge is 0.404 e. The number of esters is 1. The molecular formula is C13H15NO2S. The average molecular weight is 249 g/mol. The van der Waals surface area contributed by atoms with Crippen LogP contribution in [0.25, 0.3) is 0 Å². The van der Waals surface area contributed by atoms with E-state index in [0.29, 0.717) is 11.5 Å². The fourth-order valence-corrected chi connectivity index (χ4v) is 2.44. The van der Waals surface area contributed by atoms with Gasteiger partial charge in [-0.2, -0.15) is 11.8 Å². The van der Waals surface area contributed by atoms with Crippen LogP contribution in [0.5, 0.6) is 0 Å². The van der Waals surface area contributed by atoms with E-state index in [-0.39, 0.29) is 12.0 Å². The molecular weight excluding hydrogens is 234 g/mol. The molecule has 1 aromatic rings. The Bertz CT molecular complexity index is 482. The minimum Gasteiger partial charge on any atom is -0.404 e. The zero-order valence-corrected chi connectivity index (χ0v) is 11.0. The fourth-order valence-electron chi connectivity index (χ4n) is 1.89. The molecule has 3 nitrogen and oxygen atoms in total. The van der Waals surface area contributed by atoms with E-state index in [9.17, 15) is 4.79 Å². The van der Waals surface area contributed by atoms with Crippen molar-refractivity contribution in [3.8, 4) is 0 Å². The van der Waals surface area contributed by atoms with Crippen molar-refractivity contribution in [2.75, 3.05) is 12.0 Å². The Labute approximate surface area is 105 Å². The first-order valence-corrected chi connectivity index (χ1v) is 6.91. The first-order chi connectivity index (χ1) is 8.13. The summed E-state index contributed by atoms with van der Waals surface area (Å²) in [5.41, 5.74) is 2.51. The second kappa shape index (κ2) is 4.92. The molecule has 1 heterocycles. The van der Waals surface area contributed by atoms with Crippen LogP contribution in [0.3, 0.4) is 0 Å². The molecule has 0 bridgehead atoms. The van der Waals surface area contributed by atoms with Gasteiger partial charge in [-0.3, -0.25) is 0 Å². The predicted octanol–water partition coefficient (Wildman–Crippen LogP) is 2.66. The van der Waals surface area contributed by atoms with Gasteiger partial charge >= 0.3 is 5.97 Å². The summed E-state index contributed by atoms with van der Waals surface area (Å²) in [5.74, 6) is 1.10. The molecule has 0 amide bonds. The summed E-state index contributed by atoms with van der Waals surface area (Å²) < 4.78 is 5.23. The van der Waals surface area contributed by atoms with Crippen molar-refractivity contribution in [2.24, 2.45) is 4.99 Å². The van der Waals surface area contributed by atoms with Crippen molar-refractivity contribution >= 4 is 23.6 Å². The second-order valence-corrected chi connectivity index (χ2v) is 5.04. The minimum atomic E-state index is -0.293. The van der Waals surface area contributed by atoms with E-state index in [1.165, 1.54) is 0 Å². The maximum Gasteiger partial charge on any atom is 0.345 e. The highest BCUT2D eigenvalue weighted by atomic mass is 32.2. The van der Waals surface area contributed by atoms with Crippen LogP contribution in [-0.2, 0) is 4.74 Å². The molecule has 0 aromatic heterocycles. The van der Waals surface area contributed by atoms with Gasteiger partial charge in [0.25, 0.3) is 0 Å². The van der Waals surface area contributed by atoms with Gasteiger partial charge in [-0.05, 0) is 31.7 Å². The van der Waals surface area contributed by atoms with Gasteiger partial charge in [0.2, 0.25) is 5.90 Å². The van der Waals surface area contributed by atoms with Crippen LogP contribution in [0.15, 0.2) is 23.2 Å². The molecule has 4 heteroatoms. The molecule has 0 aliphatic carbocycles. The molecule has 1 aromatic carbocycles. The van der Waals surface area contributed by atoms with Crippen molar-refractivity contribution in [3.05, 3.63) is 34.9 Å². The van der Waals surface area contributed by atoms with Gasteiger partial charge in [-0.15, -0.1) is 0 Å². The molecule has 1 aliphatic heterocycles. The molecule has 0 unspecified atom stereocenters. The number of nitrogens with zero attached hydrogens (tertiary/aromatic N) is 1. The lowest BCUT2D eigenvalue weighted by Gasteiger charge is -2.06. The van der Waals surface area contributed by atoms with Gasteiger partial charge in [-0.25, -0.2) is 9.79 Å². The maximum atomic E-state index is 11.7. The van der Waals surface area contributed by atoms with Crippen molar-refractivity contribution in [1.82, 2.24) is 0 Å². The standard InChI is InChI=1S/C13H15NO2S/c1-8-5-4-6-10-11(8)12(16-13(10)15)14-9(2)7-17-3/h4-6,9H,7H2,1-3H3/b14-12+/t9-/m0/s1. The minimum absolute atomic E-state index is 0.151. The summed E-state index contributed by atoms with van der Waals surface area (Å²) in [6.45, 7) is 3.99. The lowest BCUT2D eigenvalue weighted by Crippen LogP contribution is -2.09. The molecule has 1 atom stereocenters. The quantitative estimate of drug-likeness (QED) is 0.773. The summed E-state index contributed by atoms with van der Waals surface area (Å²) in [5, 5.41) is 0. The molecule has 17 heavy (non-hydrogen) atoms. The highest BCUT2D eigenvalue weighted by Crippen LogP contribution is 2.24. The van der Waals surface area contributed by atoms with Crippen molar-refractivity contribution in [3.63, 3.8) is 0 Å². The number of aryl methyl sites for hydroxylation is 1. The number of cyclic esters (lactones) is 1. The maximum absolute atomic E-state index is 11.7. The number of ether oxygens (including phenoxy) is 1. The molecule has 0 spiro atoms. The molecule has 2 rings (SSSR count). The number of carbonyl (C=O) groups excluding carboxylic acids is 1.